The Morgan fingerprint density at radius 3 is 2.70 bits per heavy atom. The maximum Gasteiger partial charge on any atom is 0.346 e. The van der Waals surface area contributed by atoms with E-state index in [4.69, 9.17) is 9.57 Å². The molecule has 1 saturated heterocycles. The van der Waals surface area contributed by atoms with Gasteiger partial charge in [-0.25, -0.2) is 4.79 Å². The van der Waals surface area contributed by atoms with Crippen molar-refractivity contribution in [1.29, 1.82) is 0 Å². The Hall–Kier alpha value is -1.85. The molecule has 1 aromatic rings. The Kier molecular flexibility index (Phi) is 4.98. The van der Waals surface area contributed by atoms with E-state index in [2.05, 4.69) is 19.2 Å². The van der Waals surface area contributed by atoms with Crippen LogP contribution in [-0.2, 0) is 16.2 Å². The van der Waals surface area contributed by atoms with Gasteiger partial charge in [-0.05, 0) is 43.9 Å². The molecular weight excluding hydrogens is 292 g/mol. The normalized spacial score (nSPS) is 23.8. The molecule has 0 aromatic heterocycles. The maximum absolute atomic E-state index is 12.3. The number of carbonyl (C=O) groups excluding carboxylic acids is 1. The van der Waals surface area contributed by atoms with Gasteiger partial charge in [0.25, 0.3) is 0 Å². The lowest BCUT2D eigenvalue weighted by molar-refractivity contribution is -0.192. The fraction of sp³-hybridized carbons (Fsp3) is 0.500. The Morgan fingerprint density at radius 1 is 1.35 bits per heavy atom. The van der Waals surface area contributed by atoms with Crippen LogP contribution in [0, 0.1) is 0 Å². The number of anilines is 1. The van der Waals surface area contributed by atoms with Crippen molar-refractivity contribution < 1.29 is 14.4 Å². The molecule has 2 bridgehead atoms. The Morgan fingerprint density at radius 2 is 2.13 bits per heavy atom. The minimum absolute atomic E-state index is 0.0332. The molecule has 4 rings (SSSR count). The number of amides is 2. The molecule has 1 N–H and O–H groups in total. The van der Waals surface area contributed by atoms with E-state index in [1.165, 1.54) is 5.06 Å². The summed E-state index contributed by atoms with van der Waals surface area (Å²) in [6, 6.07) is 7.56. The number of nitrogens with one attached hydrogen (secondary N) is 1. The minimum Gasteiger partial charge on any atom is -0.374 e. The lowest BCUT2D eigenvalue weighted by Crippen LogP contribution is -2.50. The minimum atomic E-state index is -0.215. The Labute approximate surface area is 137 Å². The van der Waals surface area contributed by atoms with Crippen molar-refractivity contribution in [3.05, 3.63) is 42.0 Å². The molecule has 2 aliphatic heterocycles. The van der Waals surface area contributed by atoms with Crippen molar-refractivity contribution in [3.8, 4) is 0 Å². The summed E-state index contributed by atoms with van der Waals surface area (Å²) < 4.78 is 5.70. The van der Waals surface area contributed by atoms with Gasteiger partial charge < -0.3 is 10.1 Å². The fourth-order valence-corrected chi connectivity index (χ4v) is 2.70. The molecule has 1 aliphatic carbocycles. The van der Waals surface area contributed by atoms with Crippen LogP contribution >= 0.6 is 0 Å². The molecule has 23 heavy (non-hydrogen) atoms. The smallest absolute Gasteiger partial charge is 0.346 e. The first-order valence-corrected chi connectivity index (χ1v) is 8.31. The monoisotopic (exact) mass is 316 g/mol. The van der Waals surface area contributed by atoms with Crippen LogP contribution in [0.2, 0.25) is 0 Å². The van der Waals surface area contributed by atoms with Gasteiger partial charge in [0, 0.05) is 5.69 Å². The highest BCUT2D eigenvalue weighted by molar-refractivity contribution is 5.89. The van der Waals surface area contributed by atoms with Crippen molar-refractivity contribution in [2.24, 2.45) is 0 Å². The third kappa shape index (κ3) is 3.92. The first-order valence-electron chi connectivity index (χ1n) is 8.31. The second-order valence-electron chi connectivity index (χ2n) is 6.16. The van der Waals surface area contributed by atoms with Gasteiger partial charge in [0.05, 0.1) is 18.8 Å². The summed E-state index contributed by atoms with van der Waals surface area (Å²) in [6.45, 7) is 4.76. The number of hydrogen-bond donors (Lipinski definition) is 1. The lowest BCUT2D eigenvalue weighted by Gasteiger charge is -2.39. The number of rotatable bonds is 5. The van der Waals surface area contributed by atoms with Crippen LogP contribution in [0.4, 0.5) is 10.5 Å². The highest BCUT2D eigenvalue weighted by Crippen LogP contribution is 2.28. The number of nitrogens with zero attached hydrogens (tertiary/aromatic N) is 1. The third-order valence-corrected chi connectivity index (χ3v) is 4.36. The summed E-state index contributed by atoms with van der Waals surface area (Å²) in [5, 5.41) is 4.34. The summed E-state index contributed by atoms with van der Waals surface area (Å²) in [7, 11) is 0. The molecule has 1 aromatic carbocycles. The van der Waals surface area contributed by atoms with E-state index in [1.807, 2.05) is 36.4 Å². The molecule has 2 amide bonds. The van der Waals surface area contributed by atoms with Crippen LogP contribution in [0.15, 0.2) is 36.4 Å². The van der Waals surface area contributed by atoms with Gasteiger partial charge in [0.2, 0.25) is 0 Å². The molecular formula is C18H24N2O3. The first kappa shape index (κ1) is 16.0. The Balaban J connectivity index is 1.54. The topological polar surface area (TPSA) is 50.8 Å². The van der Waals surface area contributed by atoms with Crippen LogP contribution < -0.4 is 5.32 Å². The van der Waals surface area contributed by atoms with Gasteiger partial charge >= 0.3 is 6.03 Å². The van der Waals surface area contributed by atoms with Crippen molar-refractivity contribution >= 4 is 11.7 Å². The van der Waals surface area contributed by atoms with Gasteiger partial charge in [0.15, 0.2) is 0 Å². The van der Waals surface area contributed by atoms with E-state index < -0.39 is 0 Å². The van der Waals surface area contributed by atoms with Crippen LogP contribution in [0.5, 0.6) is 0 Å². The van der Waals surface area contributed by atoms with Gasteiger partial charge in [-0.15, -0.1) is 0 Å². The molecule has 0 spiro atoms. The van der Waals surface area contributed by atoms with E-state index in [1.54, 1.807) is 0 Å². The Bertz CT molecular complexity index is 570. The number of carbonyl (C=O) groups is 1. The number of fused-ring (bicyclic) bond motifs is 2. The van der Waals surface area contributed by atoms with Gasteiger partial charge in [0.1, 0.15) is 6.10 Å². The molecule has 0 saturated carbocycles. The maximum atomic E-state index is 12.3. The van der Waals surface area contributed by atoms with E-state index in [0.29, 0.717) is 6.61 Å². The summed E-state index contributed by atoms with van der Waals surface area (Å²) in [4.78, 5) is 18.0. The summed E-state index contributed by atoms with van der Waals surface area (Å²) in [6.07, 6.45) is 7.31. The molecule has 5 heteroatoms. The molecule has 3 atom stereocenters. The van der Waals surface area contributed by atoms with Crippen molar-refractivity contribution in [3.63, 3.8) is 0 Å². The first-order chi connectivity index (χ1) is 11.2. The number of benzene rings is 1. The van der Waals surface area contributed by atoms with Crippen molar-refractivity contribution in [1.82, 2.24) is 5.06 Å². The molecule has 2 heterocycles. The molecule has 2 unspecified atom stereocenters. The largest absolute Gasteiger partial charge is 0.374 e. The number of hydroxylamine groups is 2. The molecule has 5 nitrogen and oxygen atoms in total. The van der Waals surface area contributed by atoms with Crippen molar-refractivity contribution in [2.45, 2.75) is 58.0 Å². The highest BCUT2D eigenvalue weighted by Gasteiger charge is 2.34. The van der Waals surface area contributed by atoms with Gasteiger partial charge in [-0.2, -0.15) is 5.06 Å². The van der Waals surface area contributed by atoms with Crippen LogP contribution in [0.3, 0.4) is 0 Å². The van der Waals surface area contributed by atoms with E-state index >= 15 is 0 Å². The van der Waals surface area contributed by atoms with E-state index in [0.717, 1.165) is 30.5 Å². The zero-order chi connectivity index (χ0) is 16.2. The van der Waals surface area contributed by atoms with Gasteiger partial charge in [-0.3, -0.25) is 4.84 Å². The quantitative estimate of drug-likeness (QED) is 0.839. The number of hydrogen-bond acceptors (Lipinski definition) is 3. The number of urea groups is 1. The lowest BCUT2D eigenvalue weighted by atomic mass is 9.98. The predicted molar refractivity (Wildman–Crippen MR) is 88.9 cm³/mol. The highest BCUT2D eigenvalue weighted by atomic mass is 16.7. The van der Waals surface area contributed by atoms with Crippen LogP contribution in [-0.4, -0.2) is 29.3 Å². The average Bonchev–Trinajstić information content (AvgIpc) is 2.61. The average molecular weight is 316 g/mol. The zero-order valence-electron chi connectivity index (χ0n) is 13.7. The van der Waals surface area contributed by atoms with Crippen LogP contribution in [0.25, 0.3) is 0 Å². The summed E-state index contributed by atoms with van der Waals surface area (Å²) in [5.41, 5.74) is 1.86. The predicted octanol–water partition coefficient (Wildman–Crippen LogP) is 3.87. The summed E-state index contributed by atoms with van der Waals surface area (Å²) in [5.74, 6) is 0. The number of ether oxygens (including phenoxy) is 1. The van der Waals surface area contributed by atoms with E-state index in [-0.39, 0.29) is 24.3 Å². The van der Waals surface area contributed by atoms with Gasteiger partial charge in [-0.1, -0.05) is 31.2 Å². The second-order valence-corrected chi connectivity index (χ2v) is 6.16. The van der Waals surface area contributed by atoms with E-state index in [9.17, 15) is 4.79 Å². The molecule has 124 valence electrons. The third-order valence-electron chi connectivity index (χ3n) is 4.36. The molecule has 0 radical (unpaired) electrons. The second kappa shape index (κ2) is 7.15. The summed E-state index contributed by atoms with van der Waals surface area (Å²) >= 11 is 0. The fourth-order valence-electron chi connectivity index (χ4n) is 2.70. The van der Waals surface area contributed by atoms with Crippen molar-refractivity contribution in [2.75, 3.05) is 5.32 Å². The SMILES string of the molecule is CC[C@@H](C)OCc1ccc(NC(=O)N2OC3C=CC2CC3)cc1. The standard InChI is InChI=1S/C18H24N2O3/c1-3-13(2)22-12-14-4-6-15(7-5-14)19-18(21)20-16-8-10-17(23-20)11-9-16/h4-8,10,13,16-17H,3,9,11-12H2,1-2H3,(H,19,21)/t13-,16?,17?/m1/s1. The molecule has 3 aliphatic rings. The molecule has 1 fully saturated rings. The van der Waals surface area contributed by atoms with Crippen LogP contribution in [0.1, 0.15) is 38.7 Å². The zero-order valence-corrected chi connectivity index (χ0v) is 13.7.